The maximum Gasteiger partial charge on any atom is 0.127 e. The van der Waals surface area contributed by atoms with E-state index in [1.165, 1.54) is 56.1 Å². The van der Waals surface area contributed by atoms with Crippen LogP contribution in [0.2, 0.25) is 0 Å². The van der Waals surface area contributed by atoms with Crippen LogP contribution in [-0.2, 0) is 6.42 Å². The number of hydrazone groups is 1. The fraction of sp³-hybridized carbons (Fsp3) is 0.516. The van der Waals surface area contributed by atoms with Gasteiger partial charge in [0.15, 0.2) is 0 Å². The molecule has 5 atom stereocenters. The second-order valence-electron chi connectivity index (χ2n) is 10.8. The number of anilines is 1. The lowest BCUT2D eigenvalue weighted by Crippen LogP contribution is -2.25. The minimum atomic E-state index is 0.156. The lowest BCUT2D eigenvalue weighted by Gasteiger charge is -2.35. The molecule has 2 aliphatic carbocycles. The molecule has 0 bridgehead atoms. The van der Waals surface area contributed by atoms with E-state index in [1.807, 2.05) is 17.4 Å². The number of hydrogen-bond donors (Lipinski definition) is 0. The fourth-order valence-electron chi connectivity index (χ4n) is 6.56. The summed E-state index contributed by atoms with van der Waals surface area (Å²) >= 11 is 0. The van der Waals surface area contributed by atoms with E-state index in [4.69, 9.17) is 4.74 Å². The van der Waals surface area contributed by atoms with Gasteiger partial charge >= 0.3 is 0 Å². The Bertz CT molecular complexity index is 983. The van der Waals surface area contributed by atoms with Crippen LogP contribution in [0.4, 0.5) is 5.69 Å². The summed E-state index contributed by atoms with van der Waals surface area (Å²) in [6.07, 6.45) is 17.9. The number of hydrogen-bond acceptors (Lipinski definition) is 3. The topological polar surface area (TPSA) is 24.8 Å². The Morgan fingerprint density at radius 2 is 1.94 bits per heavy atom. The van der Waals surface area contributed by atoms with Gasteiger partial charge in [0.1, 0.15) is 11.9 Å². The first-order valence-electron chi connectivity index (χ1n) is 13.5. The zero-order chi connectivity index (χ0) is 23.3. The third-order valence-electron chi connectivity index (χ3n) is 8.34. The molecule has 1 saturated carbocycles. The first-order chi connectivity index (χ1) is 16.7. The molecule has 3 aliphatic rings. The Morgan fingerprint density at radius 1 is 1.09 bits per heavy atom. The summed E-state index contributed by atoms with van der Waals surface area (Å²) < 4.78 is 6.74. The van der Waals surface area contributed by atoms with E-state index >= 15 is 0 Å². The average molecular weight is 457 g/mol. The second-order valence-corrected chi connectivity index (χ2v) is 10.8. The van der Waals surface area contributed by atoms with E-state index in [1.54, 1.807) is 0 Å². The Balaban J connectivity index is 1.29. The number of rotatable bonds is 8. The van der Waals surface area contributed by atoms with Gasteiger partial charge in [0.05, 0.1) is 5.69 Å². The number of fused-ring (bicyclic) bond motifs is 1. The molecule has 1 fully saturated rings. The molecule has 0 radical (unpaired) electrons. The zero-order valence-electron chi connectivity index (χ0n) is 20.9. The second kappa shape index (κ2) is 10.8. The lowest BCUT2D eigenvalue weighted by atomic mass is 9.71. The van der Waals surface area contributed by atoms with E-state index in [0.717, 1.165) is 42.0 Å². The summed E-state index contributed by atoms with van der Waals surface area (Å²) in [5.41, 5.74) is 3.94. The largest absolute Gasteiger partial charge is 0.485 e. The van der Waals surface area contributed by atoms with Crippen molar-refractivity contribution in [1.82, 2.24) is 0 Å². The summed E-state index contributed by atoms with van der Waals surface area (Å²) in [6, 6.07) is 17.4. The highest BCUT2D eigenvalue weighted by Crippen LogP contribution is 2.46. The average Bonchev–Trinajstić information content (AvgIpc) is 3.22. The Labute approximate surface area is 205 Å². The number of nitrogens with zero attached hydrogens (tertiary/aromatic N) is 2. The highest BCUT2D eigenvalue weighted by molar-refractivity contribution is 5.65. The SMILES string of the molecule is CCCC(C)C1CCCC(CC2Cc3ccccc3C2Oc2ccc(N3C=CCC=N3)cc2)C1. The molecular formula is C31H40N2O. The van der Waals surface area contributed by atoms with Crippen LogP contribution < -0.4 is 9.75 Å². The highest BCUT2D eigenvalue weighted by Gasteiger charge is 2.37. The van der Waals surface area contributed by atoms with Gasteiger partial charge in [-0.25, -0.2) is 5.01 Å². The molecule has 3 heteroatoms. The quantitative estimate of drug-likeness (QED) is 0.399. The predicted octanol–water partition coefficient (Wildman–Crippen LogP) is 8.32. The summed E-state index contributed by atoms with van der Waals surface area (Å²) in [4.78, 5) is 0. The fourth-order valence-corrected chi connectivity index (χ4v) is 6.56. The Hall–Kier alpha value is -2.55. The van der Waals surface area contributed by atoms with Crippen LogP contribution >= 0.6 is 0 Å². The first kappa shape index (κ1) is 23.2. The molecule has 0 amide bonds. The van der Waals surface area contributed by atoms with Crippen molar-refractivity contribution in [2.45, 2.75) is 77.7 Å². The maximum atomic E-state index is 6.74. The van der Waals surface area contributed by atoms with Crippen molar-refractivity contribution in [3.63, 3.8) is 0 Å². The Morgan fingerprint density at radius 3 is 2.74 bits per heavy atom. The molecule has 2 aromatic rings. The molecule has 0 saturated heterocycles. The third-order valence-corrected chi connectivity index (χ3v) is 8.34. The molecule has 180 valence electrons. The van der Waals surface area contributed by atoms with Gasteiger partial charge < -0.3 is 4.74 Å². The van der Waals surface area contributed by atoms with Crippen LogP contribution in [0.25, 0.3) is 0 Å². The molecule has 5 unspecified atom stereocenters. The molecule has 0 spiro atoms. The van der Waals surface area contributed by atoms with Crippen LogP contribution in [0.1, 0.15) is 82.4 Å². The van der Waals surface area contributed by atoms with E-state index in [0.29, 0.717) is 5.92 Å². The normalized spacial score (nSPS) is 26.9. The van der Waals surface area contributed by atoms with Crippen LogP contribution in [-0.4, -0.2) is 6.21 Å². The molecular weight excluding hydrogens is 416 g/mol. The van der Waals surface area contributed by atoms with Gasteiger partial charge in [-0.1, -0.05) is 76.3 Å². The van der Waals surface area contributed by atoms with Gasteiger partial charge in [0.2, 0.25) is 0 Å². The molecule has 2 aromatic carbocycles. The number of allylic oxidation sites excluding steroid dienone is 1. The third kappa shape index (κ3) is 5.24. The summed E-state index contributed by atoms with van der Waals surface area (Å²) in [7, 11) is 0. The van der Waals surface area contributed by atoms with Gasteiger partial charge in [0.25, 0.3) is 0 Å². The van der Waals surface area contributed by atoms with Crippen molar-refractivity contribution >= 4 is 11.9 Å². The molecule has 5 rings (SSSR count). The highest BCUT2D eigenvalue weighted by atomic mass is 16.5. The predicted molar refractivity (Wildman–Crippen MR) is 142 cm³/mol. The van der Waals surface area contributed by atoms with Gasteiger partial charge in [0, 0.05) is 24.8 Å². The van der Waals surface area contributed by atoms with E-state index < -0.39 is 0 Å². The summed E-state index contributed by atoms with van der Waals surface area (Å²) in [6.45, 7) is 4.82. The van der Waals surface area contributed by atoms with E-state index in [-0.39, 0.29) is 6.10 Å². The van der Waals surface area contributed by atoms with Crippen molar-refractivity contribution in [2.75, 3.05) is 5.01 Å². The van der Waals surface area contributed by atoms with Crippen LogP contribution in [0.5, 0.6) is 5.75 Å². The molecule has 34 heavy (non-hydrogen) atoms. The van der Waals surface area contributed by atoms with Crippen molar-refractivity contribution in [3.8, 4) is 5.75 Å². The van der Waals surface area contributed by atoms with Crippen molar-refractivity contribution in [2.24, 2.45) is 28.8 Å². The first-order valence-corrected chi connectivity index (χ1v) is 13.5. The zero-order valence-corrected chi connectivity index (χ0v) is 20.9. The standard InChI is InChI=1S/C31H40N2O/c1-3-9-23(2)25-12-8-10-24(20-25)21-27-22-26-11-4-5-13-30(26)31(27)34-29-16-14-28(15-17-29)33-19-7-6-18-32-33/h4-5,7,11,13-19,23-25,27,31H,3,6,8-10,12,20-22H2,1-2H3. The van der Waals surface area contributed by atoms with E-state index in [2.05, 4.69) is 73.6 Å². The van der Waals surface area contributed by atoms with E-state index in [9.17, 15) is 0 Å². The van der Waals surface area contributed by atoms with Crippen molar-refractivity contribution in [1.29, 1.82) is 0 Å². The smallest absolute Gasteiger partial charge is 0.127 e. The summed E-state index contributed by atoms with van der Waals surface area (Å²) in [5.74, 6) is 4.16. The van der Waals surface area contributed by atoms with Gasteiger partial charge in [-0.15, -0.1) is 0 Å². The van der Waals surface area contributed by atoms with Crippen LogP contribution in [0.3, 0.4) is 0 Å². The molecule has 1 aliphatic heterocycles. The molecule has 1 heterocycles. The van der Waals surface area contributed by atoms with Crippen molar-refractivity contribution in [3.05, 3.63) is 71.9 Å². The molecule has 0 N–H and O–H groups in total. The van der Waals surface area contributed by atoms with Gasteiger partial charge in [-0.2, -0.15) is 5.10 Å². The van der Waals surface area contributed by atoms with Crippen molar-refractivity contribution < 1.29 is 4.74 Å². The number of benzene rings is 2. The van der Waals surface area contributed by atoms with Gasteiger partial charge in [-0.05, 0) is 72.4 Å². The molecule has 3 nitrogen and oxygen atoms in total. The van der Waals surface area contributed by atoms with Crippen LogP contribution in [0.15, 0.2) is 65.9 Å². The minimum absolute atomic E-state index is 0.156. The summed E-state index contributed by atoms with van der Waals surface area (Å²) in [5, 5.41) is 6.37. The monoisotopic (exact) mass is 456 g/mol. The van der Waals surface area contributed by atoms with Gasteiger partial charge in [-0.3, -0.25) is 0 Å². The maximum absolute atomic E-state index is 6.74. The Kier molecular flexibility index (Phi) is 7.37. The van der Waals surface area contributed by atoms with Crippen LogP contribution in [0, 0.1) is 23.7 Å². The molecule has 0 aromatic heterocycles. The minimum Gasteiger partial charge on any atom is -0.485 e. The number of ether oxygens (including phenoxy) is 1. The lowest BCUT2D eigenvalue weighted by molar-refractivity contribution is 0.108.